The van der Waals surface area contributed by atoms with E-state index < -0.39 is 0 Å². The van der Waals surface area contributed by atoms with Crippen molar-refractivity contribution in [1.82, 2.24) is 10.2 Å². The van der Waals surface area contributed by atoms with Crippen LogP contribution < -0.4 is 5.32 Å². The largest absolute Gasteiger partial charge is 0.315 e. The van der Waals surface area contributed by atoms with E-state index in [-0.39, 0.29) is 16.4 Å². The fourth-order valence-corrected chi connectivity index (χ4v) is 3.68. The number of nitrogens with zero attached hydrogens (tertiary/aromatic N) is 1. The van der Waals surface area contributed by atoms with E-state index in [4.69, 9.17) is 11.6 Å². The summed E-state index contributed by atoms with van der Waals surface area (Å²) in [5.74, 6) is -0.329. The Kier molecular flexibility index (Phi) is 5.05. The second-order valence-corrected chi connectivity index (χ2v) is 6.41. The molecule has 1 unspecified atom stereocenters. The number of halogens is 2. The van der Waals surface area contributed by atoms with Crippen LogP contribution in [0.3, 0.4) is 0 Å². The molecule has 112 valence electrons. The third-order valence-corrected chi connectivity index (χ3v) is 5.09. The molecule has 0 radical (unpaired) electrons. The van der Waals surface area contributed by atoms with E-state index in [2.05, 4.69) is 24.3 Å². The highest BCUT2D eigenvalue weighted by molar-refractivity contribution is 6.30. The number of rotatable bonds is 5. The van der Waals surface area contributed by atoms with Crippen LogP contribution in [0, 0.1) is 5.82 Å². The van der Waals surface area contributed by atoms with Gasteiger partial charge in [0.1, 0.15) is 5.82 Å². The number of benzene rings is 1. The molecule has 0 saturated heterocycles. The fourth-order valence-electron chi connectivity index (χ4n) is 3.56. The minimum Gasteiger partial charge on any atom is -0.315 e. The van der Waals surface area contributed by atoms with E-state index in [9.17, 15) is 4.39 Å². The molecule has 1 aromatic rings. The summed E-state index contributed by atoms with van der Waals surface area (Å²) < 4.78 is 13.6. The molecule has 0 aliphatic heterocycles. The topological polar surface area (TPSA) is 15.3 Å². The third kappa shape index (κ3) is 3.00. The Morgan fingerprint density at radius 1 is 1.35 bits per heavy atom. The average Bonchev–Trinajstić information content (AvgIpc) is 2.90. The van der Waals surface area contributed by atoms with Gasteiger partial charge < -0.3 is 10.2 Å². The van der Waals surface area contributed by atoms with Crippen LogP contribution in [0.5, 0.6) is 0 Å². The molecule has 20 heavy (non-hydrogen) atoms. The summed E-state index contributed by atoms with van der Waals surface area (Å²) in [6.07, 6.45) is 5.75. The van der Waals surface area contributed by atoms with E-state index in [1.54, 1.807) is 12.1 Å². The van der Waals surface area contributed by atoms with E-state index >= 15 is 0 Å². The van der Waals surface area contributed by atoms with Crippen LogP contribution in [-0.4, -0.2) is 37.6 Å². The van der Waals surface area contributed by atoms with Crippen molar-refractivity contribution in [3.63, 3.8) is 0 Å². The van der Waals surface area contributed by atoms with Gasteiger partial charge in [-0.05, 0) is 58.1 Å². The number of hydrogen-bond donors (Lipinski definition) is 1. The quantitative estimate of drug-likeness (QED) is 0.895. The van der Waals surface area contributed by atoms with Crippen molar-refractivity contribution in [2.45, 2.75) is 43.7 Å². The Bertz CT molecular complexity index is 456. The molecule has 1 aliphatic carbocycles. The molecule has 2 rings (SSSR count). The molecule has 0 bridgehead atoms. The predicted molar refractivity (Wildman–Crippen MR) is 82.8 cm³/mol. The lowest BCUT2D eigenvalue weighted by molar-refractivity contribution is 0.108. The summed E-state index contributed by atoms with van der Waals surface area (Å²) in [6, 6.07) is 5.45. The summed E-state index contributed by atoms with van der Waals surface area (Å²) in [5, 5.41) is 3.64. The van der Waals surface area contributed by atoms with Crippen LogP contribution in [0.4, 0.5) is 4.39 Å². The van der Waals surface area contributed by atoms with Crippen LogP contribution in [0.1, 0.15) is 31.2 Å². The molecule has 0 aromatic heterocycles. The van der Waals surface area contributed by atoms with Crippen molar-refractivity contribution in [3.05, 3.63) is 34.6 Å². The third-order valence-electron chi connectivity index (χ3n) is 4.78. The second-order valence-electron chi connectivity index (χ2n) is 6.00. The number of likely N-dealkylation sites (N-methyl/N-ethyl adjacent to an activating group) is 2. The minimum atomic E-state index is -0.329. The van der Waals surface area contributed by atoms with Crippen LogP contribution >= 0.6 is 11.6 Å². The molecular formula is C16H24ClFN2. The van der Waals surface area contributed by atoms with Gasteiger partial charge in [-0.1, -0.05) is 30.5 Å². The summed E-state index contributed by atoms with van der Waals surface area (Å²) in [4.78, 5) is 2.34. The molecule has 1 aromatic carbocycles. The molecule has 1 saturated carbocycles. The molecule has 0 amide bonds. The van der Waals surface area contributed by atoms with Crippen molar-refractivity contribution in [3.8, 4) is 0 Å². The SMILES string of the molecule is CNC(Cc1ccc(Cl)c(F)c1)C1(N(C)C)CCCC1. The molecule has 1 N–H and O–H groups in total. The lowest BCUT2D eigenvalue weighted by Crippen LogP contribution is -2.57. The van der Waals surface area contributed by atoms with Gasteiger partial charge in [-0.3, -0.25) is 0 Å². The van der Waals surface area contributed by atoms with Crippen LogP contribution in [0.15, 0.2) is 18.2 Å². The summed E-state index contributed by atoms with van der Waals surface area (Å²) in [6.45, 7) is 0. The van der Waals surface area contributed by atoms with Gasteiger partial charge in [0.25, 0.3) is 0 Å². The van der Waals surface area contributed by atoms with Gasteiger partial charge in [-0.25, -0.2) is 4.39 Å². The summed E-state index contributed by atoms with van der Waals surface area (Å²) >= 11 is 5.76. The average molecular weight is 299 g/mol. The zero-order valence-electron chi connectivity index (χ0n) is 12.5. The molecule has 2 nitrogen and oxygen atoms in total. The maximum absolute atomic E-state index is 13.6. The van der Waals surface area contributed by atoms with Gasteiger partial charge in [0, 0.05) is 11.6 Å². The van der Waals surface area contributed by atoms with Crippen molar-refractivity contribution in [2.75, 3.05) is 21.1 Å². The lowest BCUT2D eigenvalue weighted by Gasteiger charge is -2.43. The molecule has 4 heteroatoms. The maximum Gasteiger partial charge on any atom is 0.142 e. The Hall–Kier alpha value is -0.640. The zero-order chi connectivity index (χ0) is 14.8. The number of hydrogen-bond acceptors (Lipinski definition) is 2. The van der Waals surface area contributed by atoms with Crippen molar-refractivity contribution < 1.29 is 4.39 Å². The van der Waals surface area contributed by atoms with Crippen molar-refractivity contribution in [2.24, 2.45) is 0 Å². The van der Waals surface area contributed by atoms with Gasteiger partial charge in [0.15, 0.2) is 0 Å². The smallest absolute Gasteiger partial charge is 0.142 e. The van der Waals surface area contributed by atoms with Gasteiger partial charge in [0.05, 0.1) is 5.02 Å². The van der Waals surface area contributed by atoms with Crippen LogP contribution in [0.2, 0.25) is 5.02 Å². The molecule has 1 atom stereocenters. The molecule has 1 aliphatic rings. The summed E-state index contributed by atoms with van der Waals surface area (Å²) in [5.41, 5.74) is 1.17. The van der Waals surface area contributed by atoms with E-state index in [1.165, 1.54) is 25.7 Å². The van der Waals surface area contributed by atoms with Gasteiger partial charge >= 0.3 is 0 Å². The Morgan fingerprint density at radius 3 is 2.50 bits per heavy atom. The first-order valence-corrected chi connectivity index (χ1v) is 7.66. The minimum absolute atomic E-state index is 0.171. The fraction of sp³-hybridized carbons (Fsp3) is 0.625. The standard InChI is InChI=1S/C16H24ClFN2/c1-19-15(16(20(2)3)8-4-5-9-16)11-12-6-7-13(17)14(18)10-12/h6-7,10,15,19H,4-5,8-9,11H2,1-3H3. The monoisotopic (exact) mass is 298 g/mol. The normalized spacial score (nSPS) is 19.5. The first-order chi connectivity index (χ1) is 9.49. The highest BCUT2D eigenvalue weighted by Crippen LogP contribution is 2.37. The van der Waals surface area contributed by atoms with Gasteiger partial charge in [-0.2, -0.15) is 0 Å². The van der Waals surface area contributed by atoms with E-state index in [0.29, 0.717) is 6.04 Å². The first kappa shape index (κ1) is 15.7. The maximum atomic E-state index is 13.6. The van der Waals surface area contributed by atoms with Crippen LogP contribution in [0.25, 0.3) is 0 Å². The lowest BCUT2D eigenvalue weighted by atomic mass is 9.83. The highest BCUT2D eigenvalue weighted by Gasteiger charge is 2.42. The Balaban J connectivity index is 2.21. The van der Waals surface area contributed by atoms with Crippen LogP contribution in [-0.2, 0) is 6.42 Å². The zero-order valence-corrected chi connectivity index (χ0v) is 13.3. The predicted octanol–water partition coefficient (Wildman–Crippen LogP) is 3.48. The number of nitrogens with one attached hydrogen (secondary N) is 1. The van der Waals surface area contributed by atoms with E-state index in [1.807, 2.05) is 13.1 Å². The Labute approximate surface area is 126 Å². The second kappa shape index (κ2) is 6.42. The van der Waals surface area contributed by atoms with Gasteiger partial charge in [0.2, 0.25) is 0 Å². The summed E-state index contributed by atoms with van der Waals surface area (Å²) in [7, 11) is 6.30. The first-order valence-electron chi connectivity index (χ1n) is 7.28. The van der Waals surface area contributed by atoms with Gasteiger partial charge in [-0.15, -0.1) is 0 Å². The van der Waals surface area contributed by atoms with E-state index in [0.717, 1.165) is 12.0 Å². The molecular weight excluding hydrogens is 275 g/mol. The molecule has 0 spiro atoms. The molecule has 0 heterocycles. The van der Waals surface area contributed by atoms with Crippen molar-refractivity contribution >= 4 is 11.6 Å². The van der Waals surface area contributed by atoms with Crippen molar-refractivity contribution in [1.29, 1.82) is 0 Å². The molecule has 1 fully saturated rings. The highest BCUT2D eigenvalue weighted by atomic mass is 35.5. The Morgan fingerprint density at radius 2 is 2.00 bits per heavy atom.